The van der Waals surface area contributed by atoms with E-state index < -0.39 is 0 Å². The van der Waals surface area contributed by atoms with Gasteiger partial charge in [-0.2, -0.15) is 0 Å². The Morgan fingerprint density at radius 3 is 2.65 bits per heavy atom. The third kappa shape index (κ3) is 6.17. The minimum atomic E-state index is -0.0549. The quantitative estimate of drug-likeness (QED) is 0.727. The molecule has 0 aromatic heterocycles. The monoisotopic (exact) mass is 354 g/mol. The molecule has 5 nitrogen and oxygen atoms in total. The molecule has 0 saturated carbocycles. The van der Waals surface area contributed by atoms with E-state index in [1.54, 1.807) is 0 Å². The molecule has 1 heterocycles. The van der Waals surface area contributed by atoms with Gasteiger partial charge in [0.15, 0.2) is 0 Å². The van der Waals surface area contributed by atoms with Crippen LogP contribution in [0.5, 0.6) is 5.75 Å². The van der Waals surface area contributed by atoms with Crippen molar-refractivity contribution in [3.63, 3.8) is 0 Å². The highest BCUT2D eigenvalue weighted by molar-refractivity contribution is 5.92. The number of amides is 1. The highest BCUT2D eigenvalue weighted by Crippen LogP contribution is 2.16. The molecule has 0 aliphatic carbocycles. The molecule has 138 valence electrons. The summed E-state index contributed by atoms with van der Waals surface area (Å²) in [7, 11) is 0. The van der Waals surface area contributed by atoms with E-state index in [0.29, 0.717) is 6.61 Å². The van der Waals surface area contributed by atoms with Gasteiger partial charge in [0.25, 0.3) is 0 Å². The van der Waals surface area contributed by atoms with E-state index in [-0.39, 0.29) is 18.6 Å². The zero-order valence-corrected chi connectivity index (χ0v) is 14.9. The first-order valence-corrected chi connectivity index (χ1v) is 9.18. The molecule has 3 rings (SSSR count). The Kier molecular flexibility index (Phi) is 7.05. The van der Waals surface area contributed by atoms with Crippen LogP contribution < -0.4 is 15.4 Å². The lowest BCUT2D eigenvalue weighted by molar-refractivity contribution is -0.115. The minimum Gasteiger partial charge on any atom is -0.493 e. The first-order chi connectivity index (χ1) is 12.8. The van der Waals surface area contributed by atoms with Crippen molar-refractivity contribution in [2.24, 2.45) is 0 Å². The predicted octanol–water partition coefficient (Wildman–Crippen LogP) is 3.02. The number of anilines is 1. The molecule has 0 bridgehead atoms. The van der Waals surface area contributed by atoms with Crippen LogP contribution in [0.1, 0.15) is 18.4 Å². The molecular weight excluding hydrogens is 328 g/mol. The molecule has 1 amide bonds. The number of carbonyl (C=O) groups excluding carboxylic acids is 1. The predicted molar refractivity (Wildman–Crippen MR) is 103 cm³/mol. The zero-order valence-electron chi connectivity index (χ0n) is 14.9. The van der Waals surface area contributed by atoms with Crippen molar-refractivity contribution in [3.8, 4) is 5.75 Å². The summed E-state index contributed by atoms with van der Waals surface area (Å²) in [6.07, 6.45) is 3.30. The molecule has 0 radical (unpaired) electrons. The fourth-order valence-electron chi connectivity index (χ4n) is 2.92. The van der Waals surface area contributed by atoms with Gasteiger partial charge in [0, 0.05) is 25.3 Å². The molecule has 0 spiro atoms. The Morgan fingerprint density at radius 2 is 1.92 bits per heavy atom. The summed E-state index contributed by atoms with van der Waals surface area (Å²) in [5.74, 6) is 0.746. The Hall–Kier alpha value is -2.37. The largest absolute Gasteiger partial charge is 0.493 e. The van der Waals surface area contributed by atoms with Crippen LogP contribution in [0.25, 0.3) is 0 Å². The molecule has 1 fully saturated rings. The van der Waals surface area contributed by atoms with Gasteiger partial charge in [-0.1, -0.05) is 30.3 Å². The maximum Gasteiger partial charge on any atom is 0.238 e. The van der Waals surface area contributed by atoms with Gasteiger partial charge in [0.1, 0.15) is 5.75 Å². The number of benzene rings is 2. The lowest BCUT2D eigenvalue weighted by Crippen LogP contribution is -2.33. The second-order valence-corrected chi connectivity index (χ2v) is 6.42. The van der Waals surface area contributed by atoms with Crippen LogP contribution in [-0.2, 0) is 16.0 Å². The molecule has 2 aromatic rings. The van der Waals surface area contributed by atoms with Crippen LogP contribution in [0.2, 0.25) is 0 Å². The number of carbonyl (C=O) groups is 1. The van der Waals surface area contributed by atoms with E-state index >= 15 is 0 Å². The van der Waals surface area contributed by atoms with Crippen LogP contribution in [0, 0.1) is 0 Å². The van der Waals surface area contributed by atoms with Gasteiger partial charge in [-0.05, 0) is 42.7 Å². The highest BCUT2D eigenvalue weighted by atomic mass is 16.5. The van der Waals surface area contributed by atoms with Crippen molar-refractivity contribution in [2.45, 2.75) is 25.4 Å². The standard InChI is InChI=1S/C21H26N2O3/c24-21(16-22-15-20-7-4-13-25-20)23-18-8-10-19(11-9-18)26-14-12-17-5-2-1-3-6-17/h1-3,5-6,8-11,20,22H,4,7,12-16H2,(H,23,24). The Morgan fingerprint density at radius 1 is 1.12 bits per heavy atom. The summed E-state index contributed by atoms with van der Waals surface area (Å²) < 4.78 is 11.3. The summed E-state index contributed by atoms with van der Waals surface area (Å²) in [6, 6.07) is 17.7. The van der Waals surface area contributed by atoms with Crippen molar-refractivity contribution >= 4 is 11.6 Å². The van der Waals surface area contributed by atoms with E-state index in [0.717, 1.165) is 43.9 Å². The molecule has 1 atom stereocenters. The van der Waals surface area contributed by atoms with Crippen LogP contribution >= 0.6 is 0 Å². The van der Waals surface area contributed by atoms with Crippen molar-refractivity contribution in [2.75, 3.05) is 31.6 Å². The molecule has 5 heteroatoms. The second kappa shape index (κ2) is 9.94. The van der Waals surface area contributed by atoms with E-state index in [9.17, 15) is 4.79 Å². The maximum atomic E-state index is 12.0. The number of ether oxygens (including phenoxy) is 2. The summed E-state index contributed by atoms with van der Waals surface area (Å²) >= 11 is 0. The van der Waals surface area contributed by atoms with Gasteiger partial charge in [-0.15, -0.1) is 0 Å². The summed E-state index contributed by atoms with van der Waals surface area (Å²) in [4.78, 5) is 12.0. The van der Waals surface area contributed by atoms with Crippen molar-refractivity contribution in [1.82, 2.24) is 5.32 Å². The smallest absolute Gasteiger partial charge is 0.238 e. The van der Waals surface area contributed by atoms with Crippen molar-refractivity contribution in [3.05, 3.63) is 60.2 Å². The van der Waals surface area contributed by atoms with E-state index in [1.165, 1.54) is 5.56 Å². The Balaban J connectivity index is 1.34. The fraction of sp³-hybridized carbons (Fsp3) is 0.381. The minimum absolute atomic E-state index is 0.0549. The van der Waals surface area contributed by atoms with Crippen LogP contribution in [-0.4, -0.2) is 38.3 Å². The number of rotatable bonds is 9. The van der Waals surface area contributed by atoms with Gasteiger partial charge in [-0.25, -0.2) is 0 Å². The van der Waals surface area contributed by atoms with Gasteiger partial charge in [-0.3, -0.25) is 4.79 Å². The second-order valence-electron chi connectivity index (χ2n) is 6.42. The van der Waals surface area contributed by atoms with Gasteiger partial charge < -0.3 is 20.1 Å². The number of nitrogens with one attached hydrogen (secondary N) is 2. The molecule has 2 aromatic carbocycles. The van der Waals surface area contributed by atoms with E-state index in [2.05, 4.69) is 22.8 Å². The van der Waals surface area contributed by atoms with Crippen LogP contribution in [0.3, 0.4) is 0 Å². The van der Waals surface area contributed by atoms with Crippen LogP contribution in [0.15, 0.2) is 54.6 Å². The summed E-state index contributed by atoms with van der Waals surface area (Å²) in [5.41, 5.74) is 2.02. The molecule has 1 aliphatic heterocycles. The topological polar surface area (TPSA) is 59.6 Å². The number of hydrogen-bond acceptors (Lipinski definition) is 4. The Labute approximate surface area is 154 Å². The summed E-state index contributed by atoms with van der Waals surface area (Å²) in [5, 5.41) is 6.02. The SMILES string of the molecule is O=C(CNCC1CCCO1)Nc1ccc(OCCc2ccccc2)cc1. The van der Waals surface area contributed by atoms with Gasteiger partial charge in [0.2, 0.25) is 5.91 Å². The van der Waals surface area contributed by atoms with Gasteiger partial charge in [0.05, 0.1) is 19.3 Å². The van der Waals surface area contributed by atoms with Crippen LogP contribution in [0.4, 0.5) is 5.69 Å². The number of hydrogen-bond donors (Lipinski definition) is 2. The highest BCUT2D eigenvalue weighted by Gasteiger charge is 2.15. The lowest BCUT2D eigenvalue weighted by Gasteiger charge is -2.11. The normalized spacial score (nSPS) is 16.4. The fourth-order valence-corrected chi connectivity index (χ4v) is 2.92. The third-order valence-electron chi connectivity index (χ3n) is 4.32. The first kappa shape index (κ1) is 18.4. The average Bonchev–Trinajstić information content (AvgIpc) is 3.18. The summed E-state index contributed by atoms with van der Waals surface area (Å²) in [6.45, 7) is 2.47. The molecule has 2 N–H and O–H groups in total. The van der Waals surface area contributed by atoms with Gasteiger partial charge >= 0.3 is 0 Å². The lowest BCUT2D eigenvalue weighted by atomic mass is 10.2. The average molecular weight is 354 g/mol. The molecule has 1 unspecified atom stereocenters. The van der Waals surface area contributed by atoms with Crippen molar-refractivity contribution in [1.29, 1.82) is 0 Å². The third-order valence-corrected chi connectivity index (χ3v) is 4.32. The molecular formula is C21H26N2O3. The van der Waals surface area contributed by atoms with E-state index in [1.807, 2.05) is 42.5 Å². The zero-order chi connectivity index (χ0) is 18.0. The Bertz CT molecular complexity index is 667. The van der Waals surface area contributed by atoms with Crippen molar-refractivity contribution < 1.29 is 14.3 Å². The molecule has 26 heavy (non-hydrogen) atoms. The first-order valence-electron chi connectivity index (χ1n) is 9.18. The van der Waals surface area contributed by atoms with E-state index in [4.69, 9.17) is 9.47 Å². The maximum absolute atomic E-state index is 12.0. The molecule has 1 saturated heterocycles. The molecule has 1 aliphatic rings.